The summed E-state index contributed by atoms with van der Waals surface area (Å²) in [5.74, 6) is 0.459. The quantitative estimate of drug-likeness (QED) is 0.806. The average Bonchev–Trinajstić information content (AvgIpc) is 2.08. The maximum atomic E-state index is 9.45. The number of aliphatic hydroxyl groups is 1. The summed E-state index contributed by atoms with van der Waals surface area (Å²) in [5.41, 5.74) is -0.464. The summed E-state index contributed by atoms with van der Waals surface area (Å²) in [4.78, 5) is 7.96. The summed E-state index contributed by atoms with van der Waals surface area (Å²) >= 11 is 5.64. The van der Waals surface area contributed by atoms with Gasteiger partial charge in [-0.25, -0.2) is 9.97 Å². The molecular weight excluding hydrogens is 202 g/mol. The predicted molar refractivity (Wildman–Crippen MR) is 56.4 cm³/mol. The van der Waals surface area contributed by atoms with Crippen LogP contribution in [0.25, 0.3) is 0 Å². The van der Waals surface area contributed by atoms with E-state index in [1.54, 1.807) is 6.92 Å². The first-order valence-corrected chi connectivity index (χ1v) is 4.73. The Bertz CT molecular complexity index is 297. The number of halogens is 1. The third-order valence-electron chi connectivity index (χ3n) is 2.10. The van der Waals surface area contributed by atoms with Crippen LogP contribution in [0.1, 0.15) is 20.8 Å². The molecule has 0 saturated carbocycles. The molecule has 1 aromatic heterocycles. The van der Waals surface area contributed by atoms with Gasteiger partial charge in [0.05, 0.1) is 29.1 Å². The highest BCUT2D eigenvalue weighted by molar-refractivity contribution is 6.30. The van der Waals surface area contributed by atoms with Crippen LogP contribution < -0.4 is 5.32 Å². The van der Waals surface area contributed by atoms with Crippen LogP contribution in [0.15, 0.2) is 12.4 Å². The Morgan fingerprint density at radius 3 is 2.36 bits per heavy atom. The van der Waals surface area contributed by atoms with Crippen molar-refractivity contribution in [2.24, 2.45) is 0 Å². The molecule has 0 radical (unpaired) electrons. The Balaban J connectivity index is 2.74. The number of hydrogen-bond donors (Lipinski definition) is 2. The fourth-order valence-electron chi connectivity index (χ4n) is 0.769. The molecule has 1 atom stereocenters. The highest BCUT2D eigenvalue weighted by Gasteiger charge is 2.24. The van der Waals surface area contributed by atoms with Crippen LogP contribution in [0.4, 0.5) is 5.95 Å². The second kappa shape index (κ2) is 4.11. The van der Waals surface area contributed by atoms with Gasteiger partial charge in [-0.2, -0.15) is 0 Å². The second-order valence-electron chi connectivity index (χ2n) is 3.75. The van der Waals surface area contributed by atoms with Gasteiger partial charge in [0.15, 0.2) is 0 Å². The van der Waals surface area contributed by atoms with E-state index in [-0.39, 0.29) is 0 Å². The maximum absolute atomic E-state index is 9.45. The Morgan fingerprint density at radius 1 is 1.43 bits per heavy atom. The van der Waals surface area contributed by atoms with Crippen molar-refractivity contribution in [3.05, 3.63) is 17.4 Å². The first kappa shape index (κ1) is 11.2. The first-order valence-electron chi connectivity index (χ1n) is 4.35. The fraction of sp³-hybridized carbons (Fsp3) is 0.556. The standard InChI is InChI=1S/C9H14ClN3O/c1-6(14)9(2,3)13-8-11-4-7(10)5-12-8/h4-6,14H,1-3H3,(H,11,12,13). The van der Waals surface area contributed by atoms with Crippen LogP contribution in [-0.2, 0) is 0 Å². The lowest BCUT2D eigenvalue weighted by atomic mass is 9.99. The molecule has 2 N–H and O–H groups in total. The molecule has 1 unspecified atom stereocenters. The fourth-order valence-corrected chi connectivity index (χ4v) is 0.867. The van der Waals surface area contributed by atoms with Gasteiger partial charge >= 0.3 is 0 Å². The molecule has 0 saturated heterocycles. The van der Waals surface area contributed by atoms with Gasteiger partial charge in [0.2, 0.25) is 5.95 Å². The molecule has 0 bridgehead atoms. The van der Waals surface area contributed by atoms with E-state index in [1.165, 1.54) is 12.4 Å². The Morgan fingerprint density at radius 2 is 1.93 bits per heavy atom. The number of rotatable bonds is 3. The molecule has 1 aromatic rings. The minimum Gasteiger partial charge on any atom is -0.391 e. The van der Waals surface area contributed by atoms with Crippen LogP contribution in [0.5, 0.6) is 0 Å². The minimum absolute atomic E-state index is 0.459. The lowest BCUT2D eigenvalue weighted by Gasteiger charge is -2.29. The molecule has 0 amide bonds. The lowest BCUT2D eigenvalue weighted by Crippen LogP contribution is -2.42. The van der Waals surface area contributed by atoms with Crippen molar-refractivity contribution in [3.8, 4) is 0 Å². The normalized spacial score (nSPS) is 13.8. The van der Waals surface area contributed by atoms with Crippen LogP contribution in [0.3, 0.4) is 0 Å². The Hall–Kier alpha value is -0.870. The molecule has 0 aliphatic rings. The summed E-state index contributed by atoms with van der Waals surface area (Å²) in [6.07, 6.45) is 2.52. The molecule has 1 heterocycles. The summed E-state index contributed by atoms with van der Waals surface area (Å²) in [7, 11) is 0. The van der Waals surface area contributed by atoms with E-state index in [9.17, 15) is 5.11 Å². The van der Waals surface area contributed by atoms with E-state index >= 15 is 0 Å². The number of hydrogen-bond acceptors (Lipinski definition) is 4. The first-order chi connectivity index (χ1) is 6.42. The minimum atomic E-state index is -0.498. The molecular formula is C9H14ClN3O. The highest BCUT2D eigenvalue weighted by atomic mass is 35.5. The lowest BCUT2D eigenvalue weighted by molar-refractivity contribution is 0.132. The maximum Gasteiger partial charge on any atom is 0.223 e. The van der Waals surface area contributed by atoms with E-state index in [0.717, 1.165) is 0 Å². The summed E-state index contributed by atoms with van der Waals surface area (Å²) in [5, 5.41) is 13.0. The molecule has 0 aliphatic heterocycles. The molecule has 78 valence electrons. The average molecular weight is 216 g/mol. The molecule has 5 heteroatoms. The van der Waals surface area contributed by atoms with Gasteiger partial charge in [-0.3, -0.25) is 0 Å². The highest BCUT2D eigenvalue weighted by Crippen LogP contribution is 2.15. The number of aromatic nitrogens is 2. The van der Waals surface area contributed by atoms with Gasteiger partial charge in [0.25, 0.3) is 0 Å². The summed E-state index contributed by atoms with van der Waals surface area (Å²) in [6, 6.07) is 0. The van der Waals surface area contributed by atoms with E-state index < -0.39 is 11.6 Å². The van der Waals surface area contributed by atoms with Crippen molar-refractivity contribution in [1.82, 2.24) is 9.97 Å². The monoisotopic (exact) mass is 215 g/mol. The summed E-state index contributed by atoms with van der Waals surface area (Å²) in [6.45, 7) is 5.45. The molecule has 1 rings (SSSR count). The van der Waals surface area contributed by atoms with Crippen molar-refractivity contribution >= 4 is 17.5 Å². The van der Waals surface area contributed by atoms with Crippen molar-refractivity contribution in [3.63, 3.8) is 0 Å². The zero-order chi connectivity index (χ0) is 10.8. The van der Waals surface area contributed by atoms with Gasteiger partial charge in [0.1, 0.15) is 0 Å². The zero-order valence-electron chi connectivity index (χ0n) is 8.45. The van der Waals surface area contributed by atoms with Crippen molar-refractivity contribution in [2.45, 2.75) is 32.4 Å². The summed E-state index contributed by atoms with van der Waals surface area (Å²) < 4.78 is 0. The largest absolute Gasteiger partial charge is 0.391 e. The SMILES string of the molecule is CC(O)C(C)(C)Nc1ncc(Cl)cn1. The van der Waals surface area contributed by atoms with Gasteiger partial charge in [0, 0.05) is 0 Å². The van der Waals surface area contributed by atoms with E-state index in [4.69, 9.17) is 11.6 Å². The molecule has 0 fully saturated rings. The number of nitrogens with zero attached hydrogens (tertiary/aromatic N) is 2. The van der Waals surface area contributed by atoms with Crippen molar-refractivity contribution in [1.29, 1.82) is 0 Å². The number of aliphatic hydroxyl groups excluding tert-OH is 1. The molecule has 0 aliphatic carbocycles. The van der Waals surface area contributed by atoms with Gasteiger partial charge in [-0.15, -0.1) is 0 Å². The second-order valence-corrected chi connectivity index (χ2v) is 4.18. The topological polar surface area (TPSA) is 58.0 Å². The van der Waals surface area contributed by atoms with Crippen LogP contribution in [0.2, 0.25) is 5.02 Å². The molecule has 0 spiro atoms. The zero-order valence-corrected chi connectivity index (χ0v) is 9.21. The van der Waals surface area contributed by atoms with E-state index in [1.807, 2.05) is 13.8 Å². The van der Waals surface area contributed by atoms with Crippen molar-refractivity contribution < 1.29 is 5.11 Å². The molecule has 4 nitrogen and oxygen atoms in total. The molecule has 14 heavy (non-hydrogen) atoms. The Kier molecular flexibility index (Phi) is 3.29. The van der Waals surface area contributed by atoms with Gasteiger partial charge in [-0.1, -0.05) is 11.6 Å². The van der Waals surface area contributed by atoms with Gasteiger partial charge < -0.3 is 10.4 Å². The van der Waals surface area contributed by atoms with Crippen LogP contribution in [0, 0.1) is 0 Å². The van der Waals surface area contributed by atoms with Crippen LogP contribution >= 0.6 is 11.6 Å². The predicted octanol–water partition coefficient (Wildman–Crippen LogP) is 1.70. The number of anilines is 1. The third kappa shape index (κ3) is 2.82. The Labute approximate surface area is 88.3 Å². The third-order valence-corrected chi connectivity index (χ3v) is 2.29. The van der Waals surface area contributed by atoms with Gasteiger partial charge in [-0.05, 0) is 20.8 Å². The van der Waals surface area contributed by atoms with Crippen LogP contribution in [-0.4, -0.2) is 26.7 Å². The van der Waals surface area contributed by atoms with Crippen molar-refractivity contribution in [2.75, 3.05) is 5.32 Å². The van der Waals surface area contributed by atoms with E-state index in [0.29, 0.717) is 11.0 Å². The number of nitrogens with one attached hydrogen (secondary N) is 1. The molecule has 0 aromatic carbocycles. The van der Waals surface area contributed by atoms with E-state index in [2.05, 4.69) is 15.3 Å². The smallest absolute Gasteiger partial charge is 0.223 e.